The number of nitrogens with zero attached hydrogens (tertiary/aromatic N) is 1. The van der Waals surface area contributed by atoms with Gasteiger partial charge in [0.1, 0.15) is 6.07 Å². The average molecular weight is 188 g/mol. The topological polar surface area (TPSA) is 49.8 Å². The van der Waals surface area contributed by atoms with E-state index < -0.39 is 0 Å². The molecular weight excluding hydrogens is 180 g/mol. The molecule has 0 aliphatic rings. The number of rotatable bonds is 0. The second-order valence-electron chi connectivity index (χ2n) is 2.34. The van der Waals surface area contributed by atoms with Crippen molar-refractivity contribution in [3.63, 3.8) is 0 Å². The lowest BCUT2D eigenvalue weighted by atomic mass is 10.1. The lowest BCUT2D eigenvalue weighted by molar-refractivity contribution is 1.47. The van der Waals surface area contributed by atoms with Crippen molar-refractivity contribution in [3.05, 3.63) is 29.3 Å². The molecule has 2 nitrogen and oxygen atoms in total. The van der Waals surface area contributed by atoms with E-state index in [0.29, 0.717) is 22.6 Å². The summed E-state index contributed by atoms with van der Waals surface area (Å²) < 4.78 is 0. The van der Waals surface area contributed by atoms with Gasteiger partial charge in [-0.15, -0.1) is 0 Å². The van der Waals surface area contributed by atoms with Gasteiger partial charge in [0, 0.05) is 5.56 Å². The Morgan fingerprint density at radius 1 is 1.46 bits per heavy atom. The maximum Gasteiger partial charge on any atom is 0.103 e. The minimum absolute atomic E-state index is 0.441. The molecule has 0 heterocycles. The summed E-state index contributed by atoms with van der Waals surface area (Å²) in [6.07, 6.45) is 0. The molecule has 0 saturated carbocycles. The fourth-order valence-corrected chi connectivity index (χ4v) is 1.01. The number of anilines is 1. The lowest BCUT2D eigenvalue weighted by Crippen LogP contribution is -1.92. The smallest absolute Gasteiger partial charge is 0.103 e. The molecule has 13 heavy (non-hydrogen) atoms. The van der Waals surface area contributed by atoms with Crippen molar-refractivity contribution >= 4 is 18.3 Å². The van der Waals surface area contributed by atoms with E-state index in [9.17, 15) is 0 Å². The fraction of sp³-hybridized carbons (Fsp3) is 0.100. The Labute approximate surface area is 82.8 Å². The van der Waals surface area contributed by atoms with Gasteiger partial charge in [0.2, 0.25) is 0 Å². The number of nitriles is 1. The first-order chi connectivity index (χ1) is 6.29. The molecule has 0 atom stereocenters. The second kappa shape index (κ2) is 4.45. The van der Waals surface area contributed by atoms with E-state index >= 15 is 0 Å². The molecule has 1 aromatic carbocycles. The van der Waals surface area contributed by atoms with Crippen molar-refractivity contribution in [2.75, 3.05) is 11.5 Å². The van der Waals surface area contributed by atoms with Crippen molar-refractivity contribution in [1.29, 1.82) is 5.26 Å². The Balaban J connectivity index is 3.22. The molecule has 0 bridgehead atoms. The SMILES string of the molecule is N#Cc1c(N)cccc1C#CCS. The minimum atomic E-state index is 0.441. The number of benzene rings is 1. The van der Waals surface area contributed by atoms with Crippen LogP contribution in [0.25, 0.3) is 0 Å². The quantitative estimate of drug-likeness (QED) is 0.367. The van der Waals surface area contributed by atoms with Gasteiger partial charge in [0.25, 0.3) is 0 Å². The van der Waals surface area contributed by atoms with Crippen LogP contribution in [0, 0.1) is 23.2 Å². The zero-order chi connectivity index (χ0) is 9.68. The molecular formula is C10H8N2S. The van der Waals surface area contributed by atoms with Crippen molar-refractivity contribution in [3.8, 4) is 17.9 Å². The van der Waals surface area contributed by atoms with Crippen LogP contribution in [0.3, 0.4) is 0 Å². The number of thiol groups is 1. The highest BCUT2D eigenvalue weighted by atomic mass is 32.1. The largest absolute Gasteiger partial charge is 0.398 e. The molecule has 0 radical (unpaired) electrons. The Morgan fingerprint density at radius 2 is 2.23 bits per heavy atom. The third-order valence-electron chi connectivity index (χ3n) is 1.51. The zero-order valence-electron chi connectivity index (χ0n) is 6.91. The summed E-state index contributed by atoms with van der Waals surface area (Å²) in [6.45, 7) is 0. The molecule has 0 unspecified atom stereocenters. The summed E-state index contributed by atoms with van der Waals surface area (Å²) >= 11 is 3.95. The molecule has 0 fully saturated rings. The summed E-state index contributed by atoms with van der Waals surface area (Å²) in [5.74, 6) is 6.07. The van der Waals surface area contributed by atoms with Crippen molar-refractivity contribution < 1.29 is 0 Å². The van der Waals surface area contributed by atoms with Crippen LogP contribution in [-0.4, -0.2) is 5.75 Å². The molecule has 3 heteroatoms. The van der Waals surface area contributed by atoms with Gasteiger partial charge >= 0.3 is 0 Å². The summed E-state index contributed by atoms with van der Waals surface area (Å²) in [5, 5.41) is 8.78. The van der Waals surface area contributed by atoms with E-state index in [1.165, 1.54) is 0 Å². The monoisotopic (exact) mass is 188 g/mol. The summed E-state index contributed by atoms with van der Waals surface area (Å²) in [7, 11) is 0. The molecule has 64 valence electrons. The van der Waals surface area contributed by atoms with E-state index in [-0.39, 0.29) is 0 Å². The fourth-order valence-electron chi connectivity index (χ4n) is 0.934. The van der Waals surface area contributed by atoms with Crippen LogP contribution in [0.5, 0.6) is 0 Å². The number of hydrogen-bond acceptors (Lipinski definition) is 3. The van der Waals surface area contributed by atoms with Gasteiger partial charge in [-0.2, -0.15) is 17.9 Å². The number of hydrogen-bond donors (Lipinski definition) is 2. The van der Waals surface area contributed by atoms with Gasteiger partial charge in [0.15, 0.2) is 0 Å². The van der Waals surface area contributed by atoms with Crippen molar-refractivity contribution in [2.45, 2.75) is 0 Å². The average Bonchev–Trinajstić information content (AvgIpc) is 2.15. The summed E-state index contributed by atoms with van der Waals surface area (Å²) in [4.78, 5) is 0. The molecule has 0 aliphatic carbocycles. The van der Waals surface area contributed by atoms with Crippen LogP contribution in [0.2, 0.25) is 0 Å². The maximum atomic E-state index is 8.78. The Morgan fingerprint density at radius 3 is 2.85 bits per heavy atom. The number of nitrogen functional groups attached to an aromatic ring is 1. The Kier molecular flexibility index (Phi) is 3.25. The van der Waals surface area contributed by atoms with E-state index in [4.69, 9.17) is 11.0 Å². The summed E-state index contributed by atoms with van der Waals surface area (Å²) in [5.41, 5.74) is 7.17. The molecule has 2 N–H and O–H groups in total. The Bertz CT molecular complexity index is 407. The lowest BCUT2D eigenvalue weighted by Gasteiger charge is -1.98. The Hall–Kier alpha value is -1.58. The minimum Gasteiger partial charge on any atom is -0.398 e. The van der Waals surface area contributed by atoms with Gasteiger partial charge in [-0.05, 0) is 12.1 Å². The molecule has 0 aliphatic heterocycles. The molecule has 1 aromatic rings. The highest BCUT2D eigenvalue weighted by Crippen LogP contribution is 2.14. The highest BCUT2D eigenvalue weighted by Gasteiger charge is 2.01. The third kappa shape index (κ3) is 2.18. The first kappa shape index (κ1) is 9.51. The van der Waals surface area contributed by atoms with Crippen LogP contribution in [0.15, 0.2) is 18.2 Å². The van der Waals surface area contributed by atoms with Crippen LogP contribution >= 0.6 is 12.6 Å². The zero-order valence-corrected chi connectivity index (χ0v) is 7.81. The molecule has 1 rings (SSSR count). The predicted octanol–water partition coefficient (Wildman–Crippen LogP) is 1.42. The number of nitrogens with two attached hydrogens (primary N) is 1. The van der Waals surface area contributed by atoms with Crippen molar-refractivity contribution in [1.82, 2.24) is 0 Å². The van der Waals surface area contributed by atoms with Crippen LogP contribution in [0.1, 0.15) is 11.1 Å². The molecule has 0 spiro atoms. The molecule has 0 aromatic heterocycles. The molecule has 0 saturated heterocycles. The normalized spacial score (nSPS) is 8.31. The van der Waals surface area contributed by atoms with Gasteiger partial charge < -0.3 is 5.73 Å². The van der Waals surface area contributed by atoms with Gasteiger partial charge in [0.05, 0.1) is 17.0 Å². The van der Waals surface area contributed by atoms with E-state index in [1.807, 2.05) is 6.07 Å². The van der Waals surface area contributed by atoms with E-state index in [1.54, 1.807) is 18.2 Å². The summed E-state index contributed by atoms with van der Waals surface area (Å²) in [6, 6.07) is 7.25. The standard InChI is InChI=1S/C10H8N2S/c11-7-9-8(4-2-6-13)3-1-5-10(9)12/h1,3,5,13H,6,12H2. The maximum absolute atomic E-state index is 8.78. The first-order valence-corrected chi connectivity index (χ1v) is 4.31. The van der Waals surface area contributed by atoms with Crippen molar-refractivity contribution in [2.24, 2.45) is 0 Å². The third-order valence-corrected chi connectivity index (χ3v) is 1.67. The predicted molar refractivity (Wildman–Crippen MR) is 56.3 cm³/mol. The van der Waals surface area contributed by atoms with Gasteiger partial charge in [-0.1, -0.05) is 17.9 Å². The van der Waals surface area contributed by atoms with Gasteiger partial charge in [-0.25, -0.2) is 0 Å². The van der Waals surface area contributed by atoms with E-state index in [0.717, 1.165) is 0 Å². The first-order valence-electron chi connectivity index (χ1n) is 3.68. The van der Waals surface area contributed by atoms with Crippen LogP contribution in [0.4, 0.5) is 5.69 Å². The molecule has 0 amide bonds. The van der Waals surface area contributed by atoms with E-state index in [2.05, 4.69) is 24.5 Å². The van der Waals surface area contributed by atoms with Crippen LogP contribution in [-0.2, 0) is 0 Å². The van der Waals surface area contributed by atoms with Crippen LogP contribution < -0.4 is 5.73 Å². The van der Waals surface area contributed by atoms with Gasteiger partial charge in [-0.3, -0.25) is 0 Å². The highest BCUT2D eigenvalue weighted by molar-refractivity contribution is 7.80. The second-order valence-corrected chi connectivity index (χ2v) is 2.66.